The molecular formula is C13H12N4OS. The molecule has 0 aliphatic rings. The molecule has 2 rings (SSSR count). The molecule has 1 atom stereocenters. The predicted molar refractivity (Wildman–Crippen MR) is 72.8 cm³/mol. The van der Waals surface area contributed by atoms with Gasteiger partial charge in [-0.15, -0.1) is 10.2 Å². The molecule has 0 radical (unpaired) electrons. The van der Waals surface area contributed by atoms with Crippen molar-refractivity contribution in [1.29, 1.82) is 5.26 Å². The first-order chi connectivity index (χ1) is 9.19. The summed E-state index contributed by atoms with van der Waals surface area (Å²) in [6, 6.07) is 12.8. The molecule has 0 spiro atoms. The van der Waals surface area contributed by atoms with E-state index in [-0.39, 0.29) is 0 Å². The van der Waals surface area contributed by atoms with E-state index in [1.165, 1.54) is 0 Å². The molecule has 5 nitrogen and oxygen atoms in total. The summed E-state index contributed by atoms with van der Waals surface area (Å²) in [5.41, 5.74) is 1.35. The Kier molecular flexibility index (Phi) is 4.21. The van der Waals surface area contributed by atoms with Crippen molar-refractivity contribution in [3.63, 3.8) is 0 Å². The smallest absolute Gasteiger partial charge is 0.163 e. The normalized spacial score (nSPS) is 11.6. The fraction of sp³-hybridized carbons (Fsp3) is 0.154. The van der Waals surface area contributed by atoms with Crippen LogP contribution in [-0.2, 0) is 17.3 Å². The van der Waals surface area contributed by atoms with Gasteiger partial charge in [-0.25, -0.2) is 0 Å². The Morgan fingerprint density at radius 2 is 1.95 bits per heavy atom. The Bertz CT molecular complexity index is 617. The predicted octanol–water partition coefficient (Wildman–Crippen LogP) is 1.70. The molecular weight excluding hydrogens is 260 g/mol. The van der Waals surface area contributed by atoms with Crippen LogP contribution in [0.4, 0.5) is 5.82 Å². The van der Waals surface area contributed by atoms with Crippen molar-refractivity contribution in [1.82, 2.24) is 10.2 Å². The third kappa shape index (κ3) is 3.60. The van der Waals surface area contributed by atoms with Gasteiger partial charge in [0, 0.05) is 28.5 Å². The number of nitriles is 1. The Morgan fingerprint density at radius 1 is 1.21 bits per heavy atom. The molecule has 0 amide bonds. The van der Waals surface area contributed by atoms with Gasteiger partial charge in [0.1, 0.15) is 11.9 Å². The average molecular weight is 272 g/mol. The lowest BCUT2D eigenvalue weighted by atomic mass is 10.2. The second-order valence-corrected chi connectivity index (χ2v) is 5.25. The minimum absolute atomic E-state index is 0.292. The first-order valence-corrected chi connectivity index (χ1v) is 7.15. The average Bonchev–Trinajstić information content (AvgIpc) is 2.46. The standard InChI is InChI=1S/C13H12N4OS/c1-19(18)12-5-2-10(3-6-12)9-15-13-7-4-11(8-14)16-17-13/h2-7H,9H2,1H3,(H,15,17). The van der Waals surface area contributed by atoms with E-state index in [2.05, 4.69) is 15.5 Å². The molecule has 1 heterocycles. The molecule has 1 unspecified atom stereocenters. The summed E-state index contributed by atoms with van der Waals surface area (Å²) in [5.74, 6) is 0.613. The summed E-state index contributed by atoms with van der Waals surface area (Å²) in [7, 11) is -0.954. The van der Waals surface area contributed by atoms with Crippen LogP contribution in [0.3, 0.4) is 0 Å². The summed E-state index contributed by atoms with van der Waals surface area (Å²) >= 11 is 0. The van der Waals surface area contributed by atoms with Crippen LogP contribution in [0.15, 0.2) is 41.3 Å². The number of nitrogens with one attached hydrogen (secondary N) is 1. The zero-order chi connectivity index (χ0) is 13.7. The minimum atomic E-state index is -0.954. The topological polar surface area (TPSA) is 78.7 Å². The largest absolute Gasteiger partial charge is 0.365 e. The number of rotatable bonds is 4. The quantitative estimate of drug-likeness (QED) is 0.916. The first kappa shape index (κ1) is 13.2. The van der Waals surface area contributed by atoms with E-state index in [0.717, 1.165) is 10.5 Å². The van der Waals surface area contributed by atoms with Crippen molar-refractivity contribution in [3.05, 3.63) is 47.7 Å². The molecule has 0 saturated carbocycles. The number of hydrogen-bond donors (Lipinski definition) is 1. The van der Waals surface area contributed by atoms with Gasteiger partial charge in [-0.2, -0.15) is 5.26 Å². The van der Waals surface area contributed by atoms with Crippen LogP contribution in [0.2, 0.25) is 0 Å². The van der Waals surface area contributed by atoms with E-state index in [9.17, 15) is 4.21 Å². The molecule has 0 aliphatic heterocycles. The molecule has 0 fully saturated rings. The number of anilines is 1. The van der Waals surface area contributed by atoms with Crippen LogP contribution < -0.4 is 5.32 Å². The van der Waals surface area contributed by atoms with Gasteiger partial charge in [-0.3, -0.25) is 4.21 Å². The van der Waals surface area contributed by atoms with Gasteiger partial charge in [-0.05, 0) is 29.8 Å². The summed E-state index contributed by atoms with van der Waals surface area (Å²) < 4.78 is 11.2. The lowest BCUT2D eigenvalue weighted by Crippen LogP contribution is -2.02. The van der Waals surface area contributed by atoms with E-state index >= 15 is 0 Å². The number of nitrogens with zero attached hydrogens (tertiary/aromatic N) is 3. The highest BCUT2D eigenvalue weighted by molar-refractivity contribution is 7.84. The van der Waals surface area contributed by atoms with Gasteiger partial charge in [0.25, 0.3) is 0 Å². The maximum absolute atomic E-state index is 11.2. The zero-order valence-corrected chi connectivity index (χ0v) is 11.1. The van der Waals surface area contributed by atoms with Crippen molar-refractivity contribution in [2.45, 2.75) is 11.4 Å². The lowest BCUT2D eigenvalue weighted by molar-refractivity contribution is 0.687. The number of benzene rings is 1. The van der Waals surface area contributed by atoms with Crippen LogP contribution in [-0.4, -0.2) is 20.7 Å². The molecule has 96 valence electrons. The third-order valence-electron chi connectivity index (χ3n) is 2.51. The van der Waals surface area contributed by atoms with Crippen molar-refractivity contribution < 1.29 is 4.21 Å². The molecule has 1 N–H and O–H groups in total. The monoisotopic (exact) mass is 272 g/mol. The van der Waals surface area contributed by atoms with Gasteiger partial charge < -0.3 is 5.32 Å². The second kappa shape index (κ2) is 6.07. The Morgan fingerprint density at radius 3 is 2.47 bits per heavy atom. The third-order valence-corrected chi connectivity index (χ3v) is 3.44. The van der Waals surface area contributed by atoms with E-state index < -0.39 is 10.8 Å². The highest BCUT2D eigenvalue weighted by Gasteiger charge is 1.99. The molecule has 19 heavy (non-hydrogen) atoms. The molecule has 0 saturated heterocycles. The van der Waals surface area contributed by atoms with Crippen molar-refractivity contribution in [2.75, 3.05) is 11.6 Å². The minimum Gasteiger partial charge on any atom is -0.365 e. The number of aromatic nitrogens is 2. The van der Waals surface area contributed by atoms with E-state index in [1.807, 2.05) is 30.3 Å². The highest BCUT2D eigenvalue weighted by atomic mass is 32.2. The van der Waals surface area contributed by atoms with Gasteiger partial charge in [0.05, 0.1) is 0 Å². The zero-order valence-electron chi connectivity index (χ0n) is 10.3. The van der Waals surface area contributed by atoms with Crippen molar-refractivity contribution in [2.24, 2.45) is 0 Å². The molecule has 1 aromatic carbocycles. The summed E-state index contributed by atoms with van der Waals surface area (Å²) in [4.78, 5) is 0.807. The fourth-order valence-electron chi connectivity index (χ4n) is 1.48. The summed E-state index contributed by atoms with van der Waals surface area (Å²) in [5, 5.41) is 19.3. The molecule has 1 aromatic heterocycles. The molecule has 0 aliphatic carbocycles. The Balaban J connectivity index is 1.98. The SMILES string of the molecule is CS(=O)c1ccc(CNc2ccc(C#N)nn2)cc1. The van der Waals surface area contributed by atoms with Crippen molar-refractivity contribution >= 4 is 16.6 Å². The summed E-state index contributed by atoms with van der Waals surface area (Å²) in [6.07, 6.45) is 1.65. The van der Waals surface area contributed by atoms with Gasteiger partial charge in [0.15, 0.2) is 5.69 Å². The fourth-order valence-corrected chi connectivity index (χ4v) is 2.00. The lowest BCUT2D eigenvalue weighted by Gasteiger charge is -2.05. The maximum Gasteiger partial charge on any atom is 0.163 e. The van der Waals surface area contributed by atoms with Crippen molar-refractivity contribution in [3.8, 4) is 6.07 Å². The van der Waals surface area contributed by atoms with Crippen LogP contribution in [0, 0.1) is 11.3 Å². The van der Waals surface area contributed by atoms with E-state index in [0.29, 0.717) is 18.1 Å². The Hall–Kier alpha value is -2.26. The van der Waals surface area contributed by atoms with Gasteiger partial charge in [0.2, 0.25) is 0 Å². The van der Waals surface area contributed by atoms with Gasteiger partial charge in [-0.1, -0.05) is 12.1 Å². The molecule has 2 aromatic rings. The Labute approximate surface area is 113 Å². The first-order valence-electron chi connectivity index (χ1n) is 5.59. The highest BCUT2D eigenvalue weighted by Crippen LogP contribution is 2.09. The van der Waals surface area contributed by atoms with Crippen LogP contribution in [0.1, 0.15) is 11.3 Å². The molecule has 6 heteroatoms. The van der Waals surface area contributed by atoms with E-state index in [4.69, 9.17) is 5.26 Å². The summed E-state index contributed by atoms with van der Waals surface area (Å²) in [6.45, 7) is 0.594. The van der Waals surface area contributed by atoms with Crippen LogP contribution in [0.25, 0.3) is 0 Å². The van der Waals surface area contributed by atoms with E-state index in [1.54, 1.807) is 18.4 Å². The second-order valence-electron chi connectivity index (χ2n) is 3.87. The molecule has 0 bridgehead atoms. The van der Waals surface area contributed by atoms with Gasteiger partial charge >= 0.3 is 0 Å². The maximum atomic E-state index is 11.2. The van der Waals surface area contributed by atoms with Crippen LogP contribution in [0.5, 0.6) is 0 Å². The van der Waals surface area contributed by atoms with Crippen LogP contribution >= 0.6 is 0 Å². The number of hydrogen-bond acceptors (Lipinski definition) is 5.